The molecule has 5 heteroatoms. The second-order valence-corrected chi connectivity index (χ2v) is 18.9. The Balaban J connectivity index is 1.17. The van der Waals surface area contributed by atoms with Gasteiger partial charge in [0, 0.05) is 44.0 Å². The number of hydrogen-bond acceptors (Lipinski definition) is 2. The molecule has 4 nitrogen and oxygen atoms in total. The van der Waals surface area contributed by atoms with Crippen molar-refractivity contribution < 1.29 is 0 Å². The number of aromatic nitrogens is 4. The van der Waals surface area contributed by atoms with E-state index in [1.165, 1.54) is 70.9 Å². The van der Waals surface area contributed by atoms with Crippen molar-refractivity contribution >= 4 is 62.1 Å². The molecule has 0 amide bonds. The molecule has 1 aliphatic rings. The van der Waals surface area contributed by atoms with Crippen molar-refractivity contribution in [1.82, 2.24) is 19.1 Å². The highest BCUT2D eigenvalue weighted by molar-refractivity contribution is 7.04. The number of rotatable bonds is 4. The lowest BCUT2D eigenvalue weighted by Crippen LogP contribution is -2.50. The van der Waals surface area contributed by atoms with Gasteiger partial charge in [0.25, 0.3) is 0 Å². The van der Waals surface area contributed by atoms with Gasteiger partial charge in [-0.15, -0.1) is 0 Å². The minimum atomic E-state index is -2.27. The highest BCUT2D eigenvalue weighted by Crippen LogP contribution is 2.43. The molecular formula is C48H34N4Si. The molecule has 10 aromatic rings. The van der Waals surface area contributed by atoms with E-state index in [1.807, 2.05) is 6.07 Å². The van der Waals surface area contributed by atoms with Crippen molar-refractivity contribution in [1.29, 1.82) is 0 Å². The zero-order valence-electron chi connectivity index (χ0n) is 29.5. The summed E-state index contributed by atoms with van der Waals surface area (Å²) in [4.78, 5) is 10.7. The van der Waals surface area contributed by atoms with E-state index in [2.05, 4.69) is 186 Å². The molecule has 0 aliphatic carbocycles. The second kappa shape index (κ2) is 11.2. The van der Waals surface area contributed by atoms with Crippen LogP contribution in [-0.4, -0.2) is 27.2 Å². The maximum Gasteiger partial charge on any atom is 0.160 e. The SMILES string of the molecule is C[Si]1(C)c2cc(-n3c4ccccc4c4c5c6ccccc6n(-c6ccccc6)c5ccc43)ccc2-c2nc(-c3ccccc3)nc(-c3ccccc3)c21. The summed E-state index contributed by atoms with van der Waals surface area (Å²) >= 11 is 0. The Bertz CT molecular complexity index is 3070. The monoisotopic (exact) mass is 694 g/mol. The number of para-hydroxylation sites is 3. The normalized spacial score (nSPS) is 13.2. The average Bonchev–Trinajstić information content (AvgIpc) is 3.81. The Kier molecular flexibility index (Phi) is 6.37. The van der Waals surface area contributed by atoms with Crippen molar-refractivity contribution in [2.45, 2.75) is 13.1 Å². The molecule has 0 atom stereocenters. The molecule has 0 saturated heterocycles. The zero-order valence-corrected chi connectivity index (χ0v) is 30.5. The first kappa shape index (κ1) is 30.1. The van der Waals surface area contributed by atoms with Gasteiger partial charge in [-0.1, -0.05) is 134 Å². The molecule has 4 heterocycles. The van der Waals surface area contributed by atoms with Crippen LogP contribution in [0.25, 0.3) is 88.9 Å². The van der Waals surface area contributed by atoms with Crippen LogP contribution >= 0.6 is 0 Å². The minimum Gasteiger partial charge on any atom is -0.309 e. The van der Waals surface area contributed by atoms with E-state index in [4.69, 9.17) is 9.97 Å². The highest BCUT2D eigenvalue weighted by Gasteiger charge is 2.42. The minimum absolute atomic E-state index is 0.769. The molecule has 1 aliphatic heterocycles. The van der Waals surface area contributed by atoms with E-state index in [0.29, 0.717) is 0 Å². The summed E-state index contributed by atoms with van der Waals surface area (Å²) in [6, 6.07) is 61.2. The van der Waals surface area contributed by atoms with Crippen LogP contribution in [0.5, 0.6) is 0 Å². The topological polar surface area (TPSA) is 35.6 Å². The quantitative estimate of drug-likeness (QED) is 0.172. The van der Waals surface area contributed by atoms with Gasteiger partial charge >= 0.3 is 0 Å². The maximum absolute atomic E-state index is 5.34. The van der Waals surface area contributed by atoms with Crippen LogP contribution in [0, 0.1) is 0 Å². The van der Waals surface area contributed by atoms with Crippen molar-refractivity contribution in [3.8, 4) is 45.3 Å². The fourth-order valence-electron chi connectivity index (χ4n) is 8.95. The molecule has 0 spiro atoms. The van der Waals surface area contributed by atoms with E-state index < -0.39 is 8.07 Å². The van der Waals surface area contributed by atoms with Crippen LogP contribution in [0.3, 0.4) is 0 Å². The summed E-state index contributed by atoms with van der Waals surface area (Å²) in [6.45, 7) is 4.93. The predicted molar refractivity (Wildman–Crippen MR) is 224 cm³/mol. The molecule has 0 bridgehead atoms. The number of fused-ring (bicyclic) bond motifs is 10. The standard InChI is InChI=1S/C48H34N4Si/c1-53(2)42-30-34(26-27-37(42)46-47(53)45(31-16-6-3-7-17-31)49-48(50-46)32-18-8-4-9-19-32)52-39-25-15-13-23-36(39)44-41(52)29-28-40-43(44)35-22-12-14-24-38(35)51(40)33-20-10-5-11-21-33/h3-30H,1-2H3. The van der Waals surface area contributed by atoms with Crippen LogP contribution in [0.4, 0.5) is 0 Å². The number of benzene rings is 7. The van der Waals surface area contributed by atoms with E-state index in [9.17, 15) is 0 Å². The molecule has 7 aromatic carbocycles. The van der Waals surface area contributed by atoms with Gasteiger partial charge in [-0.05, 0) is 64.5 Å². The second-order valence-electron chi connectivity index (χ2n) is 14.6. The first-order valence-electron chi connectivity index (χ1n) is 18.3. The summed E-state index contributed by atoms with van der Waals surface area (Å²) in [5.74, 6) is 0.769. The molecule has 0 N–H and O–H groups in total. The molecule has 53 heavy (non-hydrogen) atoms. The van der Waals surface area contributed by atoms with Gasteiger partial charge in [0.2, 0.25) is 0 Å². The Morgan fingerprint density at radius 2 is 0.943 bits per heavy atom. The summed E-state index contributed by atoms with van der Waals surface area (Å²) in [5, 5.41) is 7.81. The molecule has 250 valence electrons. The fraction of sp³-hybridized carbons (Fsp3) is 0.0417. The molecular weight excluding hydrogens is 661 g/mol. The average molecular weight is 695 g/mol. The first-order chi connectivity index (χ1) is 26.1. The third kappa shape index (κ3) is 4.29. The van der Waals surface area contributed by atoms with Crippen LogP contribution < -0.4 is 10.4 Å². The van der Waals surface area contributed by atoms with Gasteiger partial charge < -0.3 is 9.13 Å². The Morgan fingerprint density at radius 1 is 0.434 bits per heavy atom. The van der Waals surface area contributed by atoms with Gasteiger partial charge in [-0.3, -0.25) is 0 Å². The van der Waals surface area contributed by atoms with Gasteiger partial charge in [0.1, 0.15) is 8.07 Å². The van der Waals surface area contributed by atoms with Gasteiger partial charge in [0.05, 0.1) is 33.5 Å². The van der Waals surface area contributed by atoms with Crippen LogP contribution in [-0.2, 0) is 0 Å². The van der Waals surface area contributed by atoms with Gasteiger partial charge in [-0.25, -0.2) is 9.97 Å². The predicted octanol–water partition coefficient (Wildman–Crippen LogP) is 10.8. The lowest BCUT2D eigenvalue weighted by atomic mass is 10.1. The number of nitrogens with zero attached hydrogens (tertiary/aromatic N) is 4. The fourth-order valence-corrected chi connectivity index (χ4v) is 12.2. The molecule has 0 radical (unpaired) electrons. The molecule has 11 rings (SSSR count). The zero-order chi connectivity index (χ0) is 35.3. The molecule has 0 fully saturated rings. The largest absolute Gasteiger partial charge is 0.309 e. The van der Waals surface area contributed by atoms with Crippen LogP contribution in [0.15, 0.2) is 170 Å². The van der Waals surface area contributed by atoms with E-state index in [-0.39, 0.29) is 0 Å². The van der Waals surface area contributed by atoms with E-state index in [1.54, 1.807) is 0 Å². The molecule has 0 unspecified atom stereocenters. The van der Waals surface area contributed by atoms with E-state index in [0.717, 1.165) is 28.3 Å². The van der Waals surface area contributed by atoms with Gasteiger partial charge in [0.15, 0.2) is 5.82 Å². The van der Waals surface area contributed by atoms with Crippen molar-refractivity contribution in [2.75, 3.05) is 0 Å². The first-order valence-corrected chi connectivity index (χ1v) is 21.3. The summed E-state index contributed by atoms with van der Waals surface area (Å²) in [7, 11) is -2.27. The van der Waals surface area contributed by atoms with E-state index >= 15 is 0 Å². The summed E-state index contributed by atoms with van der Waals surface area (Å²) < 4.78 is 4.89. The van der Waals surface area contributed by atoms with Crippen molar-refractivity contribution in [2.24, 2.45) is 0 Å². The third-order valence-corrected chi connectivity index (χ3v) is 14.8. The highest BCUT2D eigenvalue weighted by atomic mass is 28.3. The van der Waals surface area contributed by atoms with Crippen LogP contribution in [0.1, 0.15) is 0 Å². The summed E-state index contributed by atoms with van der Waals surface area (Å²) in [5.41, 5.74) is 12.7. The Labute approximate surface area is 308 Å². The van der Waals surface area contributed by atoms with Crippen molar-refractivity contribution in [3.05, 3.63) is 170 Å². The smallest absolute Gasteiger partial charge is 0.160 e. The third-order valence-electron chi connectivity index (χ3n) is 11.3. The summed E-state index contributed by atoms with van der Waals surface area (Å²) in [6.07, 6.45) is 0. The lowest BCUT2D eigenvalue weighted by molar-refractivity contribution is 1.17. The maximum atomic E-state index is 5.34. The van der Waals surface area contributed by atoms with Crippen molar-refractivity contribution in [3.63, 3.8) is 0 Å². The molecule has 0 saturated carbocycles. The lowest BCUT2D eigenvalue weighted by Gasteiger charge is -2.22. The van der Waals surface area contributed by atoms with Crippen LogP contribution in [0.2, 0.25) is 13.1 Å². The Morgan fingerprint density at radius 3 is 1.57 bits per heavy atom. The van der Waals surface area contributed by atoms with Gasteiger partial charge in [-0.2, -0.15) is 0 Å². The number of hydrogen-bond donors (Lipinski definition) is 0. The molecule has 3 aromatic heterocycles. The Hall–Kier alpha value is -6.56.